The Bertz CT molecular complexity index is 1740. The third-order valence-corrected chi connectivity index (χ3v) is 9.25. The van der Waals surface area contributed by atoms with Crippen molar-refractivity contribution < 1.29 is 33.1 Å². The van der Waals surface area contributed by atoms with Crippen molar-refractivity contribution in [3.63, 3.8) is 0 Å². The molecule has 0 aliphatic carbocycles. The molecule has 0 saturated carbocycles. The van der Waals surface area contributed by atoms with Gasteiger partial charge in [0, 0.05) is 35.4 Å². The Balaban J connectivity index is 1.36. The van der Waals surface area contributed by atoms with Gasteiger partial charge in [0.25, 0.3) is 11.8 Å². The first kappa shape index (κ1) is 29.9. The smallest absolute Gasteiger partial charge is 0.274 e. The van der Waals surface area contributed by atoms with Crippen molar-refractivity contribution >= 4 is 33.7 Å². The van der Waals surface area contributed by atoms with E-state index in [1.165, 1.54) is 16.6 Å². The molecule has 230 valence electrons. The Kier molecular flexibility index (Phi) is 7.57. The number of aryl methyl sites for hydroxylation is 1. The van der Waals surface area contributed by atoms with Gasteiger partial charge in [-0.3, -0.25) is 24.0 Å². The van der Waals surface area contributed by atoms with Gasteiger partial charge in [-0.2, -0.15) is 0 Å². The Hall–Kier alpha value is -4.10. The van der Waals surface area contributed by atoms with Crippen molar-refractivity contribution in [3.05, 3.63) is 96.9 Å². The average molecular weight is 671 g/mol. The third kappa shape index (κ3) is 5.07. The van der Waals surface area contributed by atoms with Crippen molar-refractivity contribution in [3.8, 4) is 5.75 Å². The minimum Gasteiger partial charge on any atom is -0.503 e. The first-order valence-corrected chi connectivity index (χ1v) is 14.9. The number of carbonyl (C=O) groups is 3. The first-order chi connectivity index (χ1) is 20.9. The van der Waals surface area contributed by atoms with Crippen molar-refractivity contribution in [2.45, 2.75) is 63.9 Å². The van der Waals surface area contributed by atoms with E-state index in [0.717, 1.165) is 28.4 Å². The SMILES string of the molecule is Cc1cc(F)c(CNC(=O)c2cn3c(c(O)c2=O)C(=O)N2C[C@@H]3[C@]3(CC[C@@H]2C)CC(=O)N(Cc2ccc(Br)cc2)O3)c(F)c1. The molecule has 2 bridgehead atoms. The highest BCUT2D eigenvalue weighted by molar-refractivity contribution is 9.10. The Morgan fingerprint density at radius 2 is 1.84 bits per heavy atom. The maximum absolute atomic E-state index is 14.4. The third-order valence-electron chi connectivity index (χ3n) is 8.72. The monoisotopic (exact) mass is 670 g/mol. The Labute approximate surface area is 259 Å². The van der Waals surface area contributed by atoms with Gasteiger partial charge in [0.15, 0.2) is 11.4 Å². The zero-order valence-electron chi connectivity index (χ0n) is 23.9. The number of amides is 3. The maximum Gasteiger partial charge on any atom is 0.274 e. The molecule has 6 rings (SSSR count). The molecular formula is C31H29BrF2N4O6. The summed E-state index contributed by atoms with van der Waals surface area (Å²) in [6.45, 7) is 3.10. The number of hydroxylamine groups is 2. The lowest BCUT2D eigenvalue weighted by Gasteiger charge is -2.42. The van der Waals surface area contributed by atoms with E-state index < -0.39 is 63.9 Å². The van der Waals surface area contributed by atoms with Crippen molar-refractivity contribution in [1.82, 2.24) is 19.8 Å². The van der Waals surface area contributed by atoms with E-state index in [0.29, 0.717) is 18.4 Å². The molecule has 3 aromatic rings. The highest BCUT2D eigenvalue weighted by Gasteiger charge is 2.56. The molecule has 1 aromatic heterocycles. The van der Waals surface area contributed by atoms with E-state index in [2.05, 4.69) is 21.2 Å². The summed E-state index contributed by atoms with van der Waals surface area (Å²) in [5, 5.41) is 14.7. The number of aromatic nitrogens is 1. The molecule has 3 aliphatic heterocycles. The molecule has 44 heavy (non-hydrogen) atoms. The Morgan fingerprint density at radius 3 is 2.52 bits per heavy atom. The van der Waals surface area contributed by atoms with Crippen LogP contribution >= 0.6 is 15.9 Å². The van der Waals surface area contributed by atoms with E-state index in [9.17, 15) is 33.1 Å². The van der Waals surface area contributed by atoms with Crippen LogP contribution in [0.2, 0.25) is 0 Å². The fourth-order valence-electron chi connectivity index (χ4n) is 6.31. The number of hydrogen-bond donors (Lipinski definition) is 2. The standard InChI is InChI=1S/C31H29BrF2N4O6/c1-16-9-22(33)20(23(34)10-16)12-35-29(42)21-14-37-24-15-36(30(43)26(37)28(41)27(21)40)17(2)7-8-31(24)11-25(39)38(44-31)13-18-3-5-19(32)6-4-18/h3-6,9-10,14,17,24,41H,7-8,11-13,15H2,1-2H3,(H,35,42)/t17-,24+,31-/m0/s1. The minimum absolute atomic E-state index is 0.0250. The van der Waals surface area contributed by atoms with Crippen LogP contribution in [0.3, 0.4) is 0 Å². The second kappa shape index (κ2) is 11.1. The zero-order valence-corrected chi connectivity index (χ0v) is 25.5. The average Bonchev–Trinajstić information content (AvgIpc) is 3.22. The second-order valence-electron chi connectivity index (χ2n) is 11.6. The van der Waals surface area contributed by atoms with E-state index in [4.69, 9.17) is 4.84 Å². The predicted molar refractivity (Wildman–Crippen MR) is 157 cm³/mol. The fraction of sp³-hybridized carbons (Fsp3) is 0.355. The fourth-order valence-corrected chi connectivity index (χ4v) is 6.57. The molecule has 0 unspecified atom stereocenters. The molecule has 10 nitrogen and oxygen atoms in total. The molecule has 13 heteroatoms. The highest BCUT2D eigenvalue weighted by Crippen LogP contribution is 2.47. The van der Waals surface area contributed by atoms with Crippen LogP contribution in [-0.4, -0.2) is 55.5 Å². The van der Waals surface area contributed by atoms with Crippen LogP contribution in [0.1, 0.15) is 69.8 Å². The lowest BCUT2D eigenvalue weighted by atomic mass is 9.85. The number of nitrogens with one attached hydrogen (secondary N) is 1. The molecule has 3 atom stereocenters. The van der Waals surface area contributed by atoms with Gasteiger partial charge in [0.1, 0.15) is 22.8 Å². The molecule has 0 radical (unpaired) electrons. The number of pyridine rings is 1. The summed E-state index contributed by atoms with van der Waals surface area (Å²) in [7, 11) is 0. The number of aromatic hydroxyl groups is 1. The summed E-state index contributed by atoms with van der Waals surface area (Å²) in [6.07, 6.45) is 2.01. The molecule has 2 saturated heterocycles. The second-order valence-corrected chi connectivity index (χ2v) is 12.5. The highest BCUT2D eigenvalue weighted by atomic mass is 79.9. The van der Waals surface area contributed by atoms with Gasteiger partial charge >= 0.3 is 0 Å². The molecule has 2 fully saturated rings. The largest absolute Gasteiger partial charge is 0.503 e. The quantitative estimate of drug-likeness (QED) is 0.422. The maximum atomic E-state index is 14.4. The van der Waals surface area contributed by atoms with Crippen LogP contribution in [0, 0.1) is 18.6 Å². The summed E-state index contributed by atoms with van der Waals surface area (Å²) in [4.78, 5) is 61.3. The minimum atomic E-state index is -1.14. The molecule has 2 N–H and O–H groups in total. The predicted octanol–water partition coefficient (Wildman–Crippen LogP) is 4.12. The number of fused-ring (bicyclic) bond motifs is 5. The molecular weight excluding hydrogens is 642 g/mol. The molecule has 1 spiro atoms. The van der Waals surface area contributed by atoms with Gasteiger partial charge in [-0.15, -0.1) is 0 Å². The topological polar surface area (TPSA) is 121 Å². The lowest BCUT2D eigenvalue weighted by Crippen LogP contribution is -2.52. The van der Waals surface area contributed by atoms with E-state index in [-0.39, 0.29) is 37.2 Å². The number of benzene rings is 2. The van der Waals surface area contributed by atoms with E-state index in [1.54, 1.807) is 4.90 Å². The molecule has 3 amide bonds. The van der Waals surface area contributed by atoms with E-state index >= 15 is 0 Å². The van der Waals surface area contributed by atoms with Gasteiger partial charge in [-0.05, 0) is 62.1 Å². The first-order valence-electron chi connectivity index (χ1n) is 14.1. The van der Waals surface area contributed by atoms with Crippen molar-refractivity contribution in [1.29, 1.82) is 0 Å². The number of hydrogen-bond acceptors (Lipinski definition) is 6. The van der Waals surface area contributed by atoms with Crippen LogP contribution < -0.4 is 10.7 Å². The number of rotatable bonds is 5. The zero-order chi connectivity index (χ0) is 31.5. The number of halogens is 3. The van der Waals surface area contributed by atoms with Crippen LogP contribution in [0.25, 0.3) is 0 Å². The van der Waals surface area contributed by atoms with Crippen LogP contribution in [0.15, 0.2) is 51.9 Å². The number of carbonyl (C=O) groups excluding carboxylic acids is 3. The van der Waals surface area contributed by atoms with Crippen LogP contribution in [0.4, 0.5) is 8.78 Å². The Morgan fingerprint density at radius 1 is 1.16 bits per heavy atom. The van der Waals surface area contributed by atoms with E-state index in [1.807, 2.05) is 31.2 Å². The van der Waals surface area contributed by atoms with Crippen LogP contribution in [0.5, 0.6) is 5.75 Å². The van der Waals surface area contributed by atoms with Gasteiger partial charge in [0.2, 0.25) is 11.3 Å². The molecule has 3 aliphatic rings. The van der Waals surface area contributed by atoms with Gasteiger partial charge in [0.05, 0.1) is 19.0 Å². The van der Waals surface area contributed by atoms with Crippen molar-refractivity contribution in [2.24, 2.45) is 0 Å². The van der Waals surface area contributed by atoms with Gasteiger partial charge < -0.3 is 19.9 Å². The summed E-state index contributed by atoms with van der Waals surface area (Å²) in [5.74, 6) is -4.49. The van der Waals surface area contributed by atoms with Crippen LogP contribution in [-0.2, 0) is 22.7 Å². The normalized spacial score (nSPS) is 22.8. The summed E-state index contributed by atoms with van der Waals surface area (Å²) in [5.41, 5.74) is -2.28. The lowest BCUT2D eigenvalue weighted by molar-refractivity contribution is -0.218. The van der Waals surface area contributed by atoms with Gasteiger partial charge in [-0.25, -0.2) is 13.8 Å². The van der Waals surface area contributed by atoms with Gasteiger partial charge in [-0.1, -0.05) is 28.1 Å². The summed E-state index contributed by atoms with van der Waals surface area (Å²) >= 11 is 3.40. The summed E-state index contributed by atoms with van der Waals surface area (Å²) < 4.78 is 31.0. The summed E-state index contributed by atoms with van der Waals surface area (Å²) in [6, 6.07) is 8.64. The molecule has 2 aromatic carbocycles. The molecule has 4 heterocycles. The number of nitrogens with zero attached hydrogens (tertiary/aromatic N) is 3. The van der Waals surface area contributed by atoms with Crippen molar-refractivity contribution in [2.75, 3.05) is 6.54 Å².